The van der Waals surface area contributed by atoms with Gasteiger partial charge in [0.05, 0.1) is 18.1 Å². The van der Waals surface area contributed by atoms with E-state index in [1.807, 2.05) is 36.5 Å². The lowest BCUT2D eigenvalue weighted by Gasteiger charge is -2.09. The van der Waals surface area contributed by atoms with Crippen molar-refractivity contribution in [2.75, 3.05) is 12.4 Å². The lowest BCUT2D eigenvalue weighted by atomic mass is 10.0. The Morgan fingerprint density at radius 3 is 2.55 bits per heavy atom. The normalized spacial score (nSPS) is 11.1. The van der Waals surface area contributed by atoms with Crippen LogP contribution in [0.15, 0.2) is 72.9 Å². The van der Waals surface area contributed by atoms with Crippen molar-refractivity contribution >= 4 is 33.4 Å². The number of aromatic nitrogens is 3. The molecule has 0 aliphatic heterocycles. The highest BCUT2D eigenvalue weighted by Gasteiger charge is 2.18. The van der Waals surface area contributed by atoms with Crippen LogP contribution in [0.2, 0.25) is 0 Å². The molecule has 33 heavy (non-hydrogen) atoms. The Labute approximate surface area is 191 Å². The fourth-order valence-corrected chi connectivity index (χ4v) is 4.04. The number of anilines is 1. The number of hydrogen-bond donors (Lipinski definition) is 1. The molecule has 1 amide bonds. The number of amides is 1. The van der Waals surface area contributed by atoms with E-state index < -0.39 is 0 Å². The molecule has 2 aromatic heterocycles. The average Bonchev–Trinajstić information content (AvgIpc) is 3.18. The van der Waals surface area contributed by atoms with Crippen LogP contribution in [0.5, 0.6) is 5.75 Å². The molecule has 3 aromatic carbocycles. The van der Waals surface area contributed by atoms with Gasteiger partial charge in [0.15, 0.2) is 0 Å². The number of nitrogens with zero attached hydrogens (tertiary/aromatic N) is 3. The van der Waals surface area contributed by atoms with Crippen molar-refractivity contribution in [2.45, 2.75) is 20.4 Å². The zero-order valence-electron chi connectivity index (χ0n) is 18.8. The van der Waals surface area contributed by atoms with E-state index in [4.69, 9.17) is 9.84 Å². The van der Waals surface area contributed by atoms with Crippen molar-refractivity contribution in [3.8, 4) is 17.0 Å². The lowest BCUT2D eigenvalue weighted by Crippen LogP contribution is -2.19. The van der Waals surface area contributed by atoms with Gasteiger partial charge in [-0.15, -0.1) is 0 Å². The fraction of sp³-hybridized carbons (Fsp3) is 0.148. The van der Waals surface area contributed by atoms with Crippen LogP contribution in [-0.2, 0) is 11.3 Å². The largest absolute Gasteiger partial charge is 0.497 e. The van der Waals surface area contributed by atoms with Crippen molar-refractivity contribution in [3.05, 3.63) is 84.1 Å². The molecular weight excluding hydrogens is 412 g/mol. The van der Waals surface area contributed by atoms with E-state index >= 15 is 0 Å². The Bertz CT molecular complexity index is 1490. The number of rotatable bonds is 5. The van der Waals surface area contributed by atoms with Gasteiger partial charge in [-0.2, -0.15) is 5.10 Å². The van der Waals surface area contributed by atoms with Gasteiger partial charge in [-0.05, 0) is 38.1 Å². The van der Waals surface area contributed by atoms with E-state index in [9.17, 15) is 4.79 Å². The van der Waals surface area contributed by atoms with Gasteiger partial charge in [-0.3, -0.25) is 14.5 Å². The molecule has 1 N–H and O–H groups in total. The van der Waals surface area contributed by atoms with Crippen molar-refractivity contribution in [3.63, 3.8) is 0 Å². The third-order valence-electron chi connectivity index (χ3n) is 5.70. The Morgan fingerprint density at radius 1 is 0.970 bits per heavy atom. The summed E-state index contributed by atoms with van der Waals surface area (Å²) in [6.45, 7) is 4.18. The second-order valence-electron chi connectivity index (χ2n) is 8.19. The molecule has 164 valence electrons. The highest BCUT2D eigenvalue weighted by atomic mass is 16.5. The second-order valence-corrected chi connectivity index (χ2v) is 8.19. The van der Waals surface area contributed by atoms with Crippen LogP contribution in [-0.4, -0.2) is 27.8 Å². The number of carbonyl (C=O) groups is 1. The van der Waals surface area contributed by atoms with Gasteiger partial charge in [-0.25, -0.2) is 0 Å². The minimum atomic E-state index is -0.166. The highest BCUT2D eigenvalue weighted by Crippen LogP contribution is 2.32. The first-order valence-corrected chi connectivity index (χ1v) is 10.8. The number of benzene rings is 3. The van der Waals surface area contributed by atoms with Crippen LogP contribution >= 0.6 is 0 Å². The summed E-state index contributed by atoms with van der Waals surface area (Å²) in [5, 5.41) is 9.73. The van der Waals surface area contributed by atoms with Gasteiger partial charge < -0.3 is 10.1 Å². The van der Waals surface area contributed by atoms with Crippen LogP contribution in [0, 0.1) is 13.8 Å². The number of nitrogens with one attached hydrogen (secondary N) is 1. The summed E-state index contributed by atoms with van der Waals surface area (Å²) in [6, 6.07) is 21.7. The Morgan fingerprint density at radius 2 is 1.76 bits per heavy atom. The zero-order chi connectivity index (χ0) is 22.9. The maximum absolute atomic E-state index is 13.0. The standard InChI is InChI=1S/C27H24N4O2/c1-17-7-10-19(11-8-17)26-23-15-28-24-12-9-18(2)13-22(24)27(23)31(30-26)16-25(32)29-20-5-4-6-21(14-20)33-3/h4-15H,16H2,1-3H3,(H,29,32). The van der Waals surface area contributed by atoms with Crippen molar-refractivity contribution < 1.29 is 9.53 Å². The fourth-order valence-electron chi connectivity index (χ4n) is 4.04. The molecule has 0 saturated carbocycles. The molecule has 0 fully saturated rings. The van der Waals surface area contributed by atoms with Crippen LogP contribution < -0.4 is 10.1 Å². The van der Waals surface area contributed by atoms with Crippen LogP contribution in [0.1, 0.15) is 11.1 Å². The predicted molar refractivity (Wildman–Crippen MR) is 132 cm³/mol. The molecule has 2 heterocycles. The maximum Gasteiger partial charge on any atom is 0.246 e. The molecule has 0 radical (unpaired) electrons. The number of ether oxygens (including phenoxy) is 1. The summed E-state index contributed by atoms with van der Waals surface area (Å²) in [4.78, 5) is 17.7. The first-order valence-electron chi connectivity index (χ1n) is 10.8. The smallest absolute Gasteiger partial charge is 0.246 e. The number of hydrogen-bond acceptors (Lipinski definition) is 4. The molecular formula is C27H24N4O2. The molecule has 0 saturated heterocycles. The quantitative estimate of drug-likeness (QED) is 0.394. The minimum absolute atomic E-state index is 0.0760. The molecule has 0 aliphatic carbocycles. The summed E-state index contributed by atoms with van der Waals surface area (Å²) in [5.74, 6) is 0.521. The Balaban J connectivity index is 1.61. The lowest BCUT2D eigenvalue weighted by molar-refractivity contribution is -0.116. The third-order valence-corrected chi connectivity index (χ3v) is 5.70. The summed E-state index contributed by atoms with van der Waals surface area (Å²) in [6.07, 6.45) is 1.85. The summed E-state index contributed by atoms with van der Waals surface area (Å²) < 4.78 is 7.04. The van der Waals surface area contributed by atoms with Crippen molar-refractivity contribution in [1.29, 1.82) is 0 Å². The number of carbonyl (C=O) groups excluding carboxylic acids is 1. The first-order chi connectivity index (χ1) is 16.0. The van der Waals surface area contributed by atoms with Gasteiger partial charge >= 0.3 is 0 Å². The minimum Gasteiger partial charge on any atom is -0.497 e. The average molecular weight is 437 g/mol. The Hall–Kier alpha value is -4.19. The van der Waals surface area contributed by atoms with E-state index in [0.717, 1.165) is 38.6 Å². The van der Waals surface area contributed by atoms with Gasteiger partial charge in [-0.1, -0.05) is 47.5 Å². The highest BCUT2D eigenvalue weighted by molar-refractivity contribution is 6.08. The van der Waals surface area contributed by atoms with Gasteiger partial charge in [0.2, 0.25) is 5.91 Å². The summed E-state index contributed by atoms with van der Waals surface area (Å²) >= 11 is 0. The van der Waals surface area contributed by atoms with E-state index in [0.29, 0.717) is 11.4 Å². The Kier molecular flexibility index (Phi) is 5.26. The van der Waals surface area contributed by atoms with E-state index in [-0.39, 0.29) is 12.5 Å². The van der Waals surface area contributed by atoms with Crippen molar-refractivity contribution in [1.82, 2.24) is 14.8 Å². The number of aryl methyl sites for hydroxylation is 2. The number of methoxy groups -OCH3 is 1. The third kappa shape index (κ3) is 4.03. The predicted octanol–water partition coefficient (Wildman–Crippen LogP) is 5.52. The van der Waals surface area contributed by atoms with Crippen LogP contribution in [0.4, 0.5) is 5.69 Å². The molecule has 6 nitrogen and oxygen atoms in total. The molecule has 0 atom stereocenters. The van der Waals surface area contributed by atoms with Crippen LogP contribution in [0.3, 0.4) is 0 Å². The number of pyridine rings is 1. The van der Waals surface area contributed by atoms with Gasteiger partial charge in [0.1, 0.15) is 18.0 Å². The van der Waals surface area contributed by atoms with Gasteiger partial charge in [0, 0.05) is 34.3 Å². The zero-order valence-corrected chi connectivity index (χ0v) is 18.8. The molecule has 6 heteroatoms. The summed E-state index contributed by atoms with van der Waals surface area (Å²) in [7, 11) is 1.60. The molecule has 0 unspecified atom stereocenters. The molecule has 0 bridgehead atoms. The molecule has 5 aromatic rings. The molecule has 0 spiro atoms. The molecule has 5 rings (SSSR count). The monoisotopic (exact) mass is 436 g/mol. The SMILES string of the molecule is COc1cccc(NC(=O)Cn2nc(-c3ccc(C)cc3)c3cnc4ccc(C)cc4c32)c1. The first kappa shape index (κ1) is 20.7. The van der Waals surface area contributed by atoms with E-state index in [2.05, 4.69) is 54.5 Å². The molecule has 0 aliphatic rings. The topological polar surface area (TPSA) is 69.0 Å². The van der Waals surface area contributed by atoms with Crippen molar-refractivity contribution in [2.24, 2.45) is 0 Å². The number of fused-ring (bicyclic) bond motifs is 3. The summed E-state index contributed by atoms with van der Waals surface area (Å²) in [5.41, 5.74) is 6.57. The van der Waals surface area contributed by atoms with E-state index in [1.54, 1.807) is 17.9 Å². The van der Waals surface area contributed by atoms with E-state index in [1.165, 1.54) is 5.56 Å². The van der Waals surface area contributed by atoms with Gasteiger partial charge in [0.25, 0.3) is 0 Å². The second kappa shape index (κ2) is 8.39. The van der Waals surface area contributed by atoms with Crippen LogP contribution in [0.25, 0.3) is 33.1 Å². The maximum atomic E-state index is 13.0.